The van der Waals surface area contributed by atoms with Gasteiger partial charge in [-0.3, -0.25) is 14.2 Å². The summed E-state index contributed by atoms with van der Waals surface area (Å²) >= 11 is 0. The van der Waals surface area contributed by atoms with Gasteiger partial charge in [-0.1, -0.05) is 0 Å². The van der Waals surface area contributed by atoms with Gasteiger partial charge in [-0.25, -0.2) is 0 Å². The molecule has 71 valence electrons. The van der Waals surface area contributed by atoms with Crippen LogP contribution in [0.3, 0.4) is 0 Å². The monoisotopic (exact) mass is 219 g/mol. The fourth-order valence-corrected chi connectivity index (χ4v) is 1.06. The van der Waals surface area contributed by atoms with Crippen LogP contribution in [0.4, 0.5) is 0 Å². The van der Waals surface area contributed by atoms with E-state index in [1.54, 1.807) is 0 Å². The Balaban J connectivity index is 0. The van der Waals surface area contributed by atoms with Crippen molar-refractivity contribution >= 4 is 48.6 Å². The SMILES string of the molecule is CC(=O)O[C@@H](C)C(=O)P(=O)(O)O.[Na]. The Labute approximate surface area is 97.1 Å². The van der Waals surface area contributed by atoms with Gasteiger partial charge in [-0.2, -0.15) is 0 Å². The summed E-state index contributed by atoms with van der Waals surface area (Å²) in [7, 11) is -4.79. The molecule has 1 radical (unpaired) electrons. The van der Waals surface area contributed by atoms with E-state index in [1.165, 1.54) is 0 Å². The fourth-order valence-electron chi connectivity index (χ4n) is 0.536. The van der Waals surface area contributed by atoms with Crippen LogP contribution in [0.5, 0.6) is 0 Å². The molecule has 0 amide bonds. The van der Waals surface area contributed by atoms with Gasteiger partial charge in [0.1, 0.15) is 0 Å². The van der Waals surface area contributed by atoms with Crippen LogP contribution in [0.2, 0.25) is 0 Å². The van der Waals surface area contributed by atoms with Crippen LogP contribution >= 0.6 is 7.60 Å². The maximum absolute atomic E-state index is 10.7. The summed E-state index contributed by atoms with van der Waals surface area (Å²) in [5, 5.41) is 0. The third-order valence-electron chi connectivity index (χ3n) is 0.978. The zero-order chi connectivity index (χ0) is 9.94. The minimum absolute atomic E-state index is 0. The van der Waals surface area contributed by atoms with E-state index in [9.17, 15) is 14.2 Å². The Hall–Kier alpha value is 0.290. The number of ether oxygens (including phenoxy) is 1. The molecular formula is C5H9NaO6P. The van der Waals surface area contributed by atoms with Crippen LogP contribution in [-0.4, -0.2) is 56.9 Å². The molecule has 0 saturated heterocycles. The Kier molecular flexibility index (Phi) is 7.15. The van der Waals surface area contributed by atoms with E-state index in [4.69, 9.17) is 9.79 Å². The standard InChI is InChI=1S/C5H9O6P.Na/c1-3(11-4(2)6)5(7)12(8,9)10;/h3H,1-2H3,(H2,8,9,10);/t3-;/m0./s1. The van der Waals surface area contributed by atoms with Crippen molar-refractivity contribution in [3.63, 3.8) is 0 Å². The average Bonchev–Trinajstić information content (AvgIpc) is 1.82. The Morgan fingerprint density at radius 1 is 1.38 bits per heavy atom. The second kappa shape index (κ2) is 5.90. The van der Waals surface area contributed by atoms with Crippen molar-refractivity contribution in [2.45, 2.75) is 20.0 Å². The molecule has 0 fully saturated rings. The first-order chi connectivity index (χ1) is 5.25. The molecule has 0 rings (SSSR count). The predicted molar refractivity (Wildman–Crippen MR) is 44.0 cm³/mol. The summed E-state index contributed by atoms with van der Waals surface area (Å²) in [5.41, 5.74) is -1.39. The molecule has 0 aromatic rings. The smallest absolute Gasteiger partial charge is 0.395 e. The second-order valence-corrected chi connectivity index (χ2v) is 3.66. The number of carbonyl (C=O) groups is 2. The zero-order valence-corrected chi connectivity index (χ0v) is 10.4. The summed E-state index contributed by atoms with van der Waals surface area (Å²) < 4.78 is 14.6. The summed E-state index contributed by atoms with van der Waals surface area (Å²) in [6, 6.07) is 0. The van der Waals surface area contributed by atoms with Crippen molar-refractivity contribution in [1.29, 1.82) is 0 Å². The molecule has 0 saturated carbocycles. The number of carbonyl (C=O) groups excluding carboxylic acids is 2. The van der Waals surface area contributed by atoms with E-state index in [0.29, 0.717) is 0 Å². The van der Waals surface area contributed by atoms with Crippen LogP contribution in [0, 0.1) is 0 Å². The third kappa shape index (κ3) is 6.37. The fraction of sp³-hybridized carbons (Fsp3) is 0.600. The minimum atomic E-state index is -4.79. The van der Waals surface area contributed by atoms with Crippen molar-refractivity contribution < 1.29 is 28.7 Å². The zero-order valence-electron chi connectivity index (χ0n) is 7.55. The van der Waals surface area contributed by atoms with E-state index < -0.39 is 25.2 Å². The van der Waals surface area contributed by atoms with E-state index in [1.807, 2.05) is 0 Å². The minimum Gasteiger partial charge on any atom is -0.454 e. The van der Waals surface area contributed by atoms with Crippen LogP contribution < -0.4 is 0 Å². The molecule has 0 aliphatic rings. The van der Waals surface area contributed by atoms with Crippen molar-refractivity contribution in [3.05, 3.63) is 0 Å². The van der Waals surface area contributed by atoms with Gasteiger partial charge in [0.05, 0.1) is 0 Å². The summed E-state index contributed by atoms with van der Waals surface area (Å²) in [6.45, 7) is 2.15. The molecule has 1 atom stereocenters. The molecule has 13 heavy (non-hydrogen) atoms. The maximum atomic E-state index is 10.7. The summed E-state index contributed by atoms with van der Waals surface area (Å²) in [6.07, 6.45) is -1.40. The first-order valence-electron chi connectivity index (χ1n) is 3.02. The molecule has 0 aromatic heterocycles. The Morgan fingerprint density at radius 3 is 2.00 bits per heavy atom. The predicted octanol–water partition coefficient (Wildman–Crippen LogP) is -0.739. The third-order valence-corrected chi connectivity index (χ3v) is 1.92. The van der Waals surface area contributed by atoms with Crippen LogP contribution in [-0.2, 0) is 18.9 Å². The molecule has 0 aromatic carbocycles. The van der Waals surface area contributed by atoms with E-state index >= 15 is 0 Å². The van der Waals surface area contributed by atoms with Crippen LogP contribution in [0.1, 0.15) is 13.8 Å². The number of hydrogen-bond donors (Lipinski definition) is 2. The number of esters is 1. The van der Waals surface area contributed by atoms with Crippen molar-refractivity contribution in [1.82, 2.24) is 0 Å². The molecule has 0 aliphatic heterocycles. The van der Waals surface area contributed by atoms with Gasteiger partial charge in [0.15, 0.2) is 6.10 Å². The van der Waals surface area contributed by atoms with Crippen molar-refractivity contribution in [3.8, 4) is 0 Å². The van der Waals surface area contributed by atoms with Gasteiger partial charge in [0.2, 0.25) is 0 Å². The average molecular weight is 219 g/mol. The Bertz CT molecular complexity index is 245. The molecule has 6 nitrogen and oxygen atoms in total. The molecular weight excluding hydrogens is 210 g/mol. The van der Waals surface area contributed by atoms with Gasteiger partial charge in [0.25, 0.3) is 5.52 Å². The van der Waals surface area contributed by atoms with E-state index in [2.05, 4.69) is 4.74 Å². The van der Waals surface area contributed by atoms with Gasteiger partial charge >= 0.3 is 13.6 Å². The number of hydrogen-bond acceptors (Lipinski definition) is 4. The van der Waals surface area contributed by atoms with E-state index in [-0.39, 0.29) is 29.6 Å². The molecule has 0 bridgehead atoms. The molecule has 0 heterocycles. The van der Waals surface area contributed by atoms with E-state index in [0.717, 1.165) is 13.8 Å². The van der Waals surface area contributed by atoms with Gasteiger partial charge in [0, 0.05) is 36.5 Å². The van der Waals surface area contributed by atoms with Crippen molar-refractivity contribution in [2.24, 2.45) is 0 Å². The molecule has 2 N–H and O–H groups in total. The van der Waals surface area contributed by atoms with Crippen LogP contribution in [0.25, 0.3) is 0 Å². The largest absolute Gasteiger partial charge is 0.454 e. The topological polar surface area (TPSA) is 101 Å². The van der Waals surface area contributed by atoms with Gasteiger partial charge in [-0.05, 0) is 6.92 Å². The van der Waals surface area contributed by atoms with Crippen LogP contribution in [0.15, 0.2) is 0 Å². The molecule has 8 heteroatoms. The maximum Gasteiger partial charge on any atom is 0.395 e. The summed E-state index contributed by atoms with van der Waals surface area (Å²) in [5.74, 6) is -0.760. The molecule has 0 aliphatic carbocycles. The summed E-state index contributed by atoms with van der Waals surface area (Å²) in [4.78, 5) is 37.6. The first kappa shape index (κ1) is 15.7. The molecule has 0 spiro atoms. The van der Waals surface area contributed by atoms with Crippen molar-refractivity contribution in [2.75, 3.05) is 0 Å². The first-order valence-corrected chi connectivity index (χ1v) is 4.63. The van der Waals surface area contributed by atoms with Gasteiger partial charge < -0.3 is 14.5 Å². The number of rotatable bonds is 3. The van der Waals surface area contributed by atoms with Gasteiger partial charge in [-0.15, -0.1) is 0 Å². The normalized spacial score (nSPS) is 12.6. The molecule has 0 unspecified atom stereocenters. The quantitative estimate of drug-likeness (QED) is 0.368. The Morgan fingerprint density at radius 2 is 1.77 bits per heavy atom. The second-order valence-electron chi connectivity index (χ2n) is 2.13.